The molecule has 1 aliphatic heterocycles. The molecule has 17 heavy (non-hydrogen) atoms. The van der Waals surface area contributed by atoms with Gasteiger partial charge in [0.15, 0.2) is 0 Å². The van der Waals surface area contributed by atoms with E-state index in [1.807, 2.05) is 6.92 Å². The summed E-state index contributed by atoms with van der Waals surface area (Å²) in [5.74, 6) is 0.707. The average molecular weight is 256 g/mol. The van der Waals surface area contributed by atoms with E-state index in [4.69, 9.17) is 11.6 Å². The van der Waals surface area contributed by atoms with Crippen molar-refractivity contribution in [3.05, 3.63) is 23.8 Å². The fourth-order valence-corrected chi connectivity index (χ4v) is 2.91. The van der Waals surface area contributed by atoms with Gasteiger partial charge in [-0.3, -0.25) is 0 Å². The van der Waals surface area contributed by atoms with Crippen LogP contribution in [0.5, 0.6) is 0 Å². The van der Waals surface area contributed by atoms with Gasteiger partial charge in [0.25, 0.3) is 0 Å². The van der Waals surface area contributed by atoms with Gasteiger partial charge in [0.2, 0.25) is 0 Å². The molecule has 2 unspecified atom stereocenters. The minimum absolute atomic E-state index is 0.105. The molecule has 1 nitrogen and oxygen atoms in total. The lowest BCUT2D eigenvalue weighted by molar-refractivity contribution is 0.254. The fraction of sp³-hybridized carbons (Fsp3) is 0.733. The van der Waals surface area contributed by atoms with Crippen LogP contribution in [0, 0.1) is 11.3 Å². The molecule has 1 aliphatic rings. The highest BCUT2D eigenvalue weighted by Crippen LogP contribution is 2.43. The molecule has 0 saturated carbocycles. The lowest BCUT2D eigenvalue weighted by Gasteiger charge is -2.36. The van der Waals surface area contributed by atoms with Crippen LogP contribution in [0.1, 0.15) is 40.5 Å². The maximum absolute atomic E-state index is 6.01. The lowest BCUT2D eigenvalue weighted by atomic mass is 9.68. The van der Waals surface area contributed by atoms with Crippen LogP contribution in [0.3, 0.4) is 0 Å². The summed E-state index contributed by atoms with van der Waals surface area (Å²) >= 11 is 6.01. The van der Waals surface area contributed by atoms with Gasteiger partial charge in [-0.2, -0.15) is 0 Å². The van der Waals surface area contributed by atoms with E-state index >= 15 is 0 Å². The Kier molecular flexibility index (Phi) is 5.75. The van der Waals surface area contributed by atoms with E-state index in [0.29, 0.717) is 11.3 Å². The predicted octanol–water partition coefficient (Wildman–Crippen LogP) is 4.14. The Morgan fingerprint density at radius 3 is 2.59 bits per heavy atom. The number of nitrogens with one attached hydrogen (secondary N) is 1. The number of allylic oxidation sites excluding steroid dienone is 3. The van der Waals surface area contributed by atoms with Crippen molar-refractivity contribution in [2.75, 3.05) is 13.1 Å². The van der Waals surface area contributed by atoms with Gasteiger partial charge in [0.05, 0.1) is 0 Å². The van der Waals surface area contributed by atoms with Crippen LogP contribution >= 0.6 is 11.6 Å². The fourth-order valence-electron chi connectivity index (χ4n) is 2.84. The van der Waals surface area contributed by atoms with Gasteiger partial charge in [-0.25, -0.2) is 0 Å². The number of hydrogen-bond acceptors (Lipinski definition) is 1. The van der Waals surface area contributed by atoms with E-state index in [2.05, 4.69) is 44.3 Å². The second-order valence-corrected chi connectivity index (χ2v) is 5.86. The molecule has 1 rings (SSSR count). The highest BCUT2D eigenvalue weighted by molar-refractivity contribution is 6.21. The van der Waals surface area contributed by atoms with Gasteiger partial charge in [-0.15, -0.1) is 11.6 Å². The van der Waals surface area contributed by atoms with Crippen LogP contribution in [0.4, 0.5) is 0 Å². The Hall–Kier alpha value is -0.270. The summed E-state index contributed by atoms with van der Waals surface area (Å²) in [6, 6.07) is 0. The Labute approximate surface area is 111 Å². The lowest BCUT2D eigenvalue weighted by Crippen LogP contribution is -2.32. The SMILES string of the molecule is C/C=C(\C=C/[C@H](C)Cl)C1(C(C)CC)CCNC1. The summed E-state index contributed by atoms with van der Waals surface area (Å²) in [6.45, 7) is 11.0. The molecule has 1 saturated heterocycles. The van der Waals surface area contributed by atoms with Crippen molar-refractivity contribution in [2.24, 2.45) is 11.3 Å². The summed E-state index contributed by atoms with van der Waals surface area (Å²) in [5.41, 5.74) is 1.76. The average Bonchev–Trinajstić information content (AvgIpc) is 2.79. The molecule has 0 amide bonds. The Morgan fingerprint density at radius 2 is 2.18 bits per heavy atom. The maximum atomic E-state index is 6.01. The van der Waals surface area contributed by atoms with Gasteiger partial charge >= 0.3 is 0 Å². The standard InChI is InChI=1S/C15H26ClN/c1-5-12(3)15(9-10-17-11-15)14(6-2)8-7-13(4)16/h6-8,12-13,17H,5,9-11H2,1-4H3/b8-7-,14-6+/t12?,13-,15?/m0/s1. The van der Waals surface area contributed by atoms with Crippen molar-refractivity contribution in [1.29, 1.82) is 0 Å². The molecule has 0 aromatic heterocycles. The molecule has 3 atom stereocenters. The summed E-state index contributed by atoms with van der Waals surface area (Å²) in [4.78, 5) is 0. The molecule has 1 fully saturated rings. The number of alkyl halides is 1. The van der Waals surface area contributed by atoms with E-state index in [0.717, 1.165) is 13.1 Å². The van der Waals surface area contributed by atoms with Crippen LogP contribution in [0.2, 0.25) is 0 Å². The number of hydrogen-bond donors (Lipinski definition) is 1. The molecule has 0 aromatic rings. The van der Waals surface area contributed by atoms with E-state index in [-0.39, 0.29) is 5.38 Å². The zero-order valence-corrected chi connectivity index (χ0v) is 12.3. The Morgan fingerprint density at radius 1 is 1.47 bits per heavy atom. The smallest absolute Gasteiger partial charge is 0.0490 e. The Balaban J connectivity index is 2.96. The first kappa shape index (κ1) is 14.8. The molecular formula is C15H26ClN. The first-order chi connectivity index (χ1) is 8.06. The third-order valence-corrected chi connectivity index (χ3v) is 4.32. The molecule has 0 radical (unpaired) electrons. The first-order valence-corrected chi connectivity index (χ1v) is 7.20. The normalized spacial score (nSPS) is 29.8. The third kappa shape index (κ3) is 3.35. The third-order valence-electron chi connectivity index (χ3n) is 4.17. The molecule has 0 spiro atoms. The molecule has 1 N–H and O–H groups in total. The van der Waals surface area contributed by atoms with Crippen LogP contribution in [0.25, 0.3) is 0 Å². The molecule has 1 heterocycles. The molecule has 98 valence electrons. The summed E-state index contributed by atoms with van der Waals surface area (Å²) in [6.07, 6.45) is 9.05. The first-order valence-electron chi connectivity index (χ1n) is 6.76. The molecular weight excluding hydrogens is 230 g/mol. The molecule has 0 aliphatic carbocycles. The van der Waals surface area contributed by atoms with Gasteiger partial charge in [-0.05, 0) is 38.3 Å². The predicted molar refractivity (Wildman–Crippen MR) is 77.6 cm³/mol. The van der Waals surface area contributed by atoms with Crippen molar-refractivity contribution < 1.29 is 0 Å². The van der Waals surface area contributed by atoms with Crippen molar-refractivity contribution >= 4 is 11.6 Å². The quantitative estimate of drug-likeness (QED) is 0.575. The number of rotatable bonds is 5. The second kappa shape index (κ2) is 6.61. The van der Waals surface area contributed by atoms with E-state index < -0.39 is 0 Å². The van der Waals surface area contributed by atoms with E-state index in [1.54, 1.807) is 0 Å². The summed E-state index contributed by atoms with van der Waals surface area (Å²) in [7, 11) is 0. The molecule has 0 aromatic carbocycles. The van der Waals surface area contributed by atoms with Gasteiger partial charge in [-0.1, -0.05) is 38.5 Å². The van der Waals surface area contributed by atoms with E-state index in [9.17, 15) is 0 Å². The summed E-state index contributed by atoms with van der Waals surface area (Å²) < 4.78 is 0. The molecule has 0 bridgehead atoms. The zero-order valence-electron chi connectivity index (χ0n) is 11.6. The zero-order chi connectivity index (χ0) is 12.9. The van der Waals surface area contributed by atoms with Gasteiger partial charge in [0.1, 0.15) is 0 Å². The van der Waals surface area contributed by atoms with Gasteiger partial charge in [0, 0.05) is 17.3 Å². The van der Waals surface area contributed by atoms with Crippen LogP contribution in [0.15, 0.2) is 23.8 Å². The maximum Gasteiger partial charge on any atom is 0.0490 e. The van der Waals surface area contributed by atoms with Crippen LogP contribution in [-0.2, 0) is 0 Å². The monoisotopic (exact) mass is 255 g/mol. The van der Waals surface area contributed by atoms with Gasteiger partial charge < -0.3 is 5.32 Å². The number of halogens is 1. The minimum Gasteiger partial charge on any atom is -0.316 e. The van der Waals surface area contributed by atoms with Crippen LogP contribution in [-0.4, -0.2) is 18.5 Å². The minimum atomic E-state index is 0.105. The van der Waals surface area contributed by atoms with Crippen molar-refractivity contribution in [1.82, 2.24) is 5.32 Å². The second-order valence-electron chi connectivity index (χ2n) is 5.17. The summed E-state index contributed by atoms with van der Waals surface area (Å²) in [5, 5.41) is 3.63. The molecule has 2 heteroatoms. The van der Waals surface area contributed by atoms with Crippen molar-refractivity contribution in [3.63, 3.8) is 0 Å². The largest absolute Gasteiger partial charge is 0.316 e. The van der Waals surface area contributed by atoms with Crippen LogP contribution < -0.4 is 5.32 Å². The highest BCUT2D eigenvalue weighted by atomic mass is 35.5. The van der Waals surface area contributed by atoms with E-state index in [1.165, 1.54) is 18.4 Å². The highest BCUT2D eigenvalue weighted by Gasteiger charge is 2.40. The topological polar surface area (TPSA) is 12.0 Å². The van der Waals surface area contributed by atoms with Crippen molar-refractivity contribution in [2.45, 2.75) is 45.9 Å². The van der Waals surface area contributed by atoms with Crippen molar-refractivity contribution in [3.8, 4) is 0 Å². The Bertz CT molecular complexity index is 285.